The van der Waals surface area contributed by atoms with Crippen LogP contribution in [0, 0.1) is 0 Å². The fraction of sp³-hybridized carbons (Fsp3) is 0.0588. The number of imidazole rings is 1. The first kappa shape index (κ1) is 14.9. The van der Waals surface area contributed by atoms with Crippen LogP contribution in [0.4, 0.5) is 5.82 Å². The van der Waals surface area contributed by atoms with Crippen molar-refractivity contribution in [2.45, 2.75) is 6.54 Å². The van der Waals surface area contributed by atoms with E-state index in [4.69, 9.17) is 0 Å². The van der Waals surface area contributed by atoms with Gasteiger partial charge in [-0.2, -0.15) is 0 Å². The van der Waals surface area contributed by atoms with Crippen LogP contribution in [0.5, 0.6) is 0 Å². The van der Waals surface area contributed by atoms with E-state index >= 15 is 0 Å². The minimum absolute atomic E-state index is 0.341. The Balaban J connectivity index is 1.83. The van der Waals surface area contributed by atoms with E-state index in [9.17, 15) is 9.59 Å². The molecule has 4 rings (SSSR count). The molecule has 25 heavy (non-hydrogen) atoms. The van der Waals surface area contributed by atoms with E-state index in [-0.39, 0.29) is 0 Å². The van der Waals surface area contributed by atoms with Crippen molar-refractivity contribution < 1.29 is 0 Å². The molecule has 0 saturated heterocycles. The number of hydrogen-bond acceptors (Lipinski definition) is 5. The molecule has 3 N–H and O–H groups in total. The Kier molecular flexibility index (Phi) is 3.62. The summed E-state index contributed by atoms with van der Waals surface area (Å²) in [6.07, 6.45) is 5.03. The van der Waals surface area contributed by atoms with Crippen molar-refractivity contribution in [3.05, 3.63) is 81.4 Å². The van der Waals surface area contributed by atoms with Crippen molar-refractivity contribution in [1.82, 2.24) is 24.3 Å². The van der Waals surface area contributed by atoms with Gasteiger partial charge in [0.1, 0.15) is 11.5 Å². The second-order valence-electron chi connectivity index (χ2n) is 5.45. The highest BCUT2D eigenvalue weighted by molar-refractivity contribution is 5.73. The highest BCUT2D eigenvalue weighted by Crippen LogP contribution is 2.26. The summed E-state index contributed by atoms with van der Waals surface area (Å²) in [5.74, 6) is 0.669. The highest BCUT2D eigenvalue weighted by Gasteiger charge is 2.15. The van der Waals surface area contributed by atoms with Gasteiger partial charge in [-0.15, -0.1) is 0 Å². The summed E-state index contributed by atoms with van der Waals surface area (Å²) in [5, 5.41) is 3.33. The lowest BCUT2D eigenvalue weighted by Gasteiger charge is -2.08. The minimum atomic E-state index is -0.577. The van der Waals surface area contributed by atoms with Crippen LogP contribution in [0.15, 0.2) is 64.6 Å². The quantitative estimate of drug-likeness (QED) is 0.523. The lowest BCUT2D eigenvalue weighted by atomic mass is 10.2. The Morgan fingerprint density at radius 1 is 1.12 bits per heavy atom. The maximum Gasteiger partial charge on any atom is 0.326 e. The second kappa shape index (κ2) is 6.08. The number of H-pyrrole nitrogens is 2. The van der Waals surface area contributed by atoms with Crippen molar-refractivity contribution in [3.8, 4) is 11.4 Å². The highest BCUT2D eigenvalue weighted by atomic mass is 16.2. The van der Waals surface area contributed by atoms with Crippen LogP contribution in [0.25, 0.3) is 17.0 Å². The van der Waals surface area contributed by atoms with E-state index in [0.717, 1.165) is 5.56 Å². The fourth-order valence-corrected chi connectivity index (χ4v) is 2.64. The van der Waals surface area contributed by atoms with Crippen molar-refractivity contribution in [3.63, 3.8) is 0 Å². The zero-order valence-electron chi connectivity index (χ0n) is 13.1. The van der Waals surface area contributed by atoms with Crippen LogP contribution in [0.1, 0.15) is 5.56 Å². The smallest absolute Gasteiger partial charge is 0.326 e. The minimum Gasteiger partial charge on any atom is -0.365 e. The van der Waals surface area contributed by atoms with Crippen LogP contribution in [0.3, 0.4) is 0 Å². The fourth-order valence-electron chi connectivity index (χ4n) is 2.64. The molecule has 3 heterocycles. The van der Waals surface area contributed by atoms with Crippen LogP contribution in [0.2, 0.25) is 0 Å². The third-order valence-electron chi connectivity index (χ3n) is 3.75. The molecule has 0 spiro atoms. The maximum absolute atomic E-state index is 11.6. The number of nitrogens with one attached hydrogen (secondary N) is 3. The zero-order chi connectivity index (χ0) is 17.2. The summed E-state index contributed by atoms with van der Waals surface area (Å²) in [6.45, 7) is 0.567. The largest absolute Gasteiger partial charge is 0.365 e. The van der Waals surface area contributed by atoms with E-state index in [2.05, 4.69) is 25.3 Å². The summed E-state index contributed by atoms with van der Waals surface area (Å²) >= 11 is 0. The first-order valence-corrected chi connectivity index (χ1v) is 7.64. The average Bonchev–Trinajstić information content (AvgIpc) is 2.99. The Morgan fingerprint density at radius 2 is 1.96 bits per heavy atom. The number of anilines is 1. The third-order valence-corrected chi connectivity index (χ3v) is 3.75. The van der Waals surface area contributed by atoms with Gasteiger partial charge in [0.25, 0.3) is 5.56 Å². The van der Waals surface area contributed by atoms with Gasteiger partial charge in [-0.3, -0.25) is 19.2 Å². The molecule has 0 atom stereocenters. The normalized spacial score (nSPS) is 10.9. The van der Waals surface area contributed by atoms with Crippen molar-refractivity contribution in [2.75, 3.05) is 5.32 Å². The van der Waals surface area contributed by atoms with Crippen molar-refractivity contribution in [1.29, 1.82) is 0 Å². The van der Waals surface area contributed by atoms with E-state index in [1.54, 1.807) is 18.6 Å². The maximum atomic E-state index is 11.6. The van der Waals surface area contributed by atoms with Crippen LogP contribution in [-0.4, -0.2) is 24.3 Å². The zero-order valence-corrected chi connectivity index (χ0v) is 13.1. The van der Waals surface area contributed by atoms with Gasteiger partial charge in [-0.1, -0.05) is 30.3 Å². The lowest BCUT2D eigenvalue weighted by Crippen LogP contribution is -2.21. The number of hydrogen-bond donors (Lipinski definition) is 3. The molecule has 0 aliphatic heterocycles. The molecule has 0 unspecified atom stereocenters. The Bertz CT molecular complexity index is 1110. The molecule has 8 heteroatoms. The Morgan fingerprint density at radius 3 is 2.76 bits per heavy atom. The summed E-state index contributed by atoms with van der Waals surface area (Å²) in [4.78, 5) is 36.6. The topological polar surface area (TPSA) is 108 Å². The van der Waals surface area contributed by atoms with E-state index in [1.165, 1.54) is 6.07 Å². The lowest BCUT2D eigenvalue weighted by molar-refractivity contribution is 1.03. The summed E-state index contributed by atoms with van der Waals surface area (Å²) in [6, 6.07) is 11.2. The average molecular weight is 334 g/mol. The number of rotatable bonds is 4. The van der Waals surface area contributed by atoms with Crippen molar-refractivity contribution >= 4 is 11.5 Å². The molecule has 4 aromatic rings. The van der Waals surface area contributed by atoms with Gasteiger partial charge in [-0.25, -0.2) is 9.78 Å². The van der Waals surface area contributed by atoms with Crippen LogP contribution < -0.4 is 16.6 Å². The van der Waals surface area contributed by atoms with Crippen LogP contribution in [-0.2, 0) is 6.54 Å². The standard InChI is InChI=1S/C17H14N6O2/c24-14-8-12(20-17(25)22-14)15-16(19-9-11-4-2-1-3-5-11)23-7-6-18-10-13(23)21-15/h1-8,10,19H,9H2,(H2,20,22,24,25). The molecule has 8 nitrogen and oxygen atoms in total. The van der Waals surface area contributed by atoms with Gasteiger partial charge in [0.2, 0.25) is 0 Å². The Hall–Kier alpha value is -3.68. The molecular formula is C17H14N6O2. The van der Waals surface area contributed by atoms with Gasteiger partial charge in [-0.05, 0) is 5.56 Å². The van der Waals surface area contributed by atoms with Gasteiger partial charge >= 0.3 is 5.69 Å². The number of aromatic nitrogens is 5. The Labute approximate surface area is 141 Å². The van der Waals surface area contributed by atoms with Gasteiger partial charge in [0, 0.05) is 25.0 Å². The molecule has 0 radical (unpaired) electrons. The monoisotopic (exact) mass is 334 g/mol. The molecule has 0 aliphatic rings. The predicted molar refractivity (Wildman–Crippen MR) is 93.4 cm³/mol. The number of fused-ring (bicyclic) bond motifs is 1. The SMILES string of the molecule is O=c1cc(-c2nc3cnccn3c2NCc2ccccc2)[nH]c(=O)[nH]1. The molecule has 0 aliphatic carbocycles. The predicted octanol–water partition coefficient (Wildman–Crippen LogP) is 1.38. The third kappa shape index (κ3) is 2.92. The number of nitrogens with zero attached hydrogens (tertiary/aromatic N) is 3. The van der Waals surface area contributed by atoms with E-state index in [0.29, 0.717) is 29.4 Å². The second-order valence-corrected chi connectivity index (χ2v) is 5.45. The molecule has 3 aromatic heterocycles. The molecule has 0 saturated carbocycles. The van der Waals surface area contributed by atoms with E-state index in [1.807, 2.05) is 34.7 Å². The number of benzene rings is 1. The summed E-state index contributed by atoms with van der Waals surface area (Å²) < 4.78 is 1.82. The van der Waals surface area contributed by atoms with Crippen LogP contribution >= 0.6 is 0 Å². The summed E-state index contributed by atoms with van der Waals surface area (Å²) in [7, 11) is 0. The first-order valence-electron chi connectivity index (χ1n) is 7.64. The van der Waals surface area contributed by atoms with E-state index < -0.39 is 11.2 Å². The molecule has 0 bridgehead atoms. The van der Waals surface area contributed by atoms with Gasteiger partial charge < -0.3 is 10.3 Å². The van der Waals surface area contributed by atoms with Gasteiger partial charge in [0.05, 0.1) is 11.9 Å². The summed E-state index contributed by atoms with van der Waals surface area (Å²) in [5.41, 5.74) is 1.46. The molecule has 0 amide bonds. The molecule has 1 aromatic carbocycles. The number of aromatic amines is 2. The molecular weight excluding hydrogens is 320 g/mol. The molecule has 0 fully saturated rings. The first-order chi connectivity index (χ1) is 12.2. The van der Waals surface area contributed by atoms with Gasteiger partial charge in [0.15, 0.2) is 5.65 Å². The van der Waals surface area contributed by atoms with Crippen molar-refractivity contribution in [2.24, 2.45) is 0 Å². The molecule has 124 valence electrons.